The van der Waals surface area contributed by atoms with Crippen LogP contribution in [0.15, 0.2) is 27.8 Å². The van der Waals surface area contributed by atoms with Gasteiger partial charge in [0.15, 0.2) is 11.7 Å². The predicted molar refractivity (Wildman–Crippen MR) is 105 cm³/mol. The number of rotatable bonds is 7. The number of carbonyl (C=O) groups excluding carboxylic acids is 2. The normalized spacial score (nSPS) is 16.2. The number of carbonyl (C=O) groups is 2. The van der Waals surface area contributed by atoms with Gasteiger partial charge in [-0.3, -0.25) is 14.6 Å². The van der Waals surface area contributed by atoms with Gasteiger partial charge in [0.2, 0.25) is 5.91 Å². The molecule has 27 heavy (non-hydrogen) atoms. The highest BCUT2D eigenvalue weighted by Crippen LogP contribution is 2.09. The molecule has 0 bridgehead atoms. The van der Waals surface area contributed by atoms with Crippen molar-refractivity contribution >= 4 is 17.8 Å². The molecule has 1 aliphatic rings. The van der Waals surface area contributed by atoms with Gasteiger partial charge in [0.1, 0.15) is 0 Å². The summed E-state index contributed by atoms with van der Waals surface area (Å²) in [6.07, 6.45) is 2.80. The Hall–Kier alpha value is -2.51. The Morgan fingerprint density at radius 2 is 1.93 bits per heavy atom. The van der Waals surface area contributed by atoms with E-state index in [1.165, 1.54) is 6.26 Å². The molecule has 0 saturated carbocycles. The van der Waals surface area contributed by atoms with Crippen molar-refractivity contribution in [2.75, 3.05) is 39.3 Å². The van der Waals surface area contributed by atoms with Crippen molar-refractivity contribution in [3.05, 3.63) is 24.2 Å². The van der Waals surface area contributed by atoms with Crippen LogP contribution in [-0.4, -0.2) is 72.9 Å². The van der Waals surface area contributed by atoms with Crippen LogP contribution in [0.2, 0.25) is 0 Å². The van der Waals surface area contributed by atoms with E-state index in [0.29, 0.717) is 44.9 Å². The number of guanidine groups is 1. The molecule has 150 valence electrons. The molecule has 1 aliphatic heterocycles. The number of hydrogen-bond acceptors (Lipinski definition) is 4. The number of nitrogens with zero attached hydrogens (tertiary/aromatic N) is 3. The molecule has 1 aromatic rings. The van der Waals surface area contributed by atoms with Crippen LogP contribution < -0.4 is 10.6 Å². The van der Waals surface area contributed by atoms with Crippen molar-refractivity contribution in [3.63, 3.8) is 0 Å². The van der Waals surface area contributed by atoms with E-state index in [4.69, 9.17) is 4.42 Å². The molecule has 2 N–H and O–H groups in total. The van der Waals surface area contributed by atoms with Gasteiger partial charge in [0.05, 0.1) is 12.8 Å². The predicted octanol–water partition coefficient (Wildman–Crippen LogP) is 1.31. The fraction of sp³-hybridized carbons (Fsp3) is 0.632. The number of hydrogen-bond donors (Lipinski definition) is 2. The first-order chi connectivity index (χ1) is 13.0. The molecule has 1 atom stereocenters. The zero-order valence-electron chi connectivity index (χ0n) is 16.5. The summed E-state index contributed by atoms with van der Waals surface area (Å²) in [5, 5.41) is 6.22. The molecule has 2 amide bonds. The monoisotopic (exact) mass is 377 g/mol. The Balaban J connectivity index is 1.84. The van der Waals surface area contributed by atoms with Crippen molar-refractivity contribution in [1.82, 2.24) is 20.4 Å². The Kier molecular flexibility index (Phi) is 8.16. The number of aliphatic imine (C=N–C) groups is 1. The third kappa shape index (κ3) is 6.30. The average molecular weight is 377 g/mol. The summed E-state index contributed by atoms with van der Waals surface area (Å²) in [6, 6.07) is 3.59. The summed E-state index contributed by atoms with van der Waals surface area (Å²) in [7, 11) is 0. The van der Waals surface area contributed by atoms with Gasteiger partial charge >= 0.3 is 0 Å². The molecule has 0 aromatic carbocycles. The van der Waals surface area contributed by atoms with Crippen molar-refractivity contribution < 1.29 is 14.0 Å². The average Bonchev–Trinajstić information content (AvgIpc) is 3.21. The minimum atomic E-state index is -0.0803. The van der Waals surface area contributed by atoms with Crippen molar-refractivity contribution in [2.24, 2.45) is 4.99 Å². The third-order valence-electron chi connectivity index (χ3n) is 4.55. The highest BCUT2D eigenvalue weighted by atomic mass is 16.3. The molecule has 2 rings (SSSR count). The van der Waals surface area contributed by atoms with Gasteiger partial charge in [-0.05, 0) is 32.4 Å². The van der Waals surface area contributed by atoms with E-state index >= 15 is 0 Å². The number of amides is 2. The maximum Gasteiger partial charge on any atom is 0.289 e. The lowest BCUT2D eigenvalue weighted by Crippen LogP contribution is -2.53. The molecule has 8 heteroatoms. The van der Waals surface area contributed by atoms with Crippen LogP contribution in [0.5, 0.6) is 0 Å². The first-order valence-corrected chi connectivity index (χ1v) is 9.70. The summed E-state index contributed by atoms with van der Waals surface area (Å²) in [6.45, 7) is 9.85. The molecule has 1 aromatic heterocycles. The van der Waals surface area contributed by atoms with E-state index in [9.17, 15) is 9.59 Å². The van der Waals surface area contributed by atoms with E-state index in [0.717, 1.165) is 18.9 Å². The second-order valence-electron chi connectivity index (χ2n) is 6.62. The maximum atomic E-state index is 12.3. The molecule has 2 heterocycles. The fourth-order valence-electron chi connectivity index (χ4n) is 2.82. The molecule has 1 fully saturated rings. The van der Waals surface area contributed by atoms with Crippen molar-refractivity contribution in [2.45, 2.75) is 39.7 Å². The first-order valence-electron chi connectivity index (χ1n) is 9.70. The lowest BCUT2D eigenvalue weighted by atomic mass is 10.2. The first kappa shape index (κ1) is 20.8. The lowest BCUT2D eigenvalue weighted by molar-refractivity contribution is -0.121. The van der Waals surface area contributed by atoms with Gasteiger partial charge in [0, 0.05) is 45.2 Å². The minimum Gasteiger partial charge on any atom is -0.459 e. The minimum absolute atomic E-state index is 0.0258. The zero-order valence-corrected chi connectivity index (χ0v) is 16.5. The largest absolute Gasteiger partial charge is 0.459 e. The second kappa shape index (κ2) is 10.6. The van der Waals surface area contributed by atoms with E-state index in [1.807, 2.05) is 20.8 Å². The van der Waals surface area contributed by atoms with E-state index in [1.54, 1.807) is 17.0 Å². The summed E-state index contributed by atoms with van der Waals surface area (Å²) in [4.78, 5) is 32.7. The summed E-state index contributed by atoms with van der Waals surface area (Å²) >= 11 is 0. The number of piperazine rings is 1. The molecule has 0 spiro atoms. The Morgan fingerprint density at radius 3 is 2.52 bits per heavy atom. The smallest absolute Gasteiger partial charge is 0.289 e. The summed E-state index contributed by atoms with van der Waals surface area (Å²) in [5.74, 6) is 1.11. The van der Waals surface area contributed by atoms with E-state index < -0.39 is 0 Å². The van der Waals surface area contributed by atoms with Gasteiger partial charge in [0.25, 0.3) is 5.91 Å². The van der Waals surface area contributed by atoms with Gasteiger partial charge in [-0.15, -0.1) is 0 Å². The van der Waals surface area contributed by atoms with Crippen LogP contribution >= 0.6 is 0 Å². The second-order valence-corrected chi connectivity index (χ2v) is 6.62. The van der Waals surface area contributed by atoms with Crippen LogP contribution in [0.3, 0.4) is 0 Å². The maximum absolute atomic E-state index is 12.3. The molecule has 8 nitrogen and oxygen atoms in total. The topological polar surface area (TPSA) is 90.2 Å². The summed E-state index contributed by atoms with van der Waals surface area (Å²) in [5.41, 5.74) is 0. The van der Waals surface area contributed by atoms with Crippen molar-refractivity contribution in [3.8, 4) is 0 Å². The Bertz CT molecular complexity index is 621. The zero-order chi connectivity index (χ0) is 19.6. The highest BCUT2D eigenvalue weighted by Gasteiger charge is 2.25. The van der Waals surface area contributed by atoms with Gasteiger partial charge < -0.3 is 24.9 Å². The van der Waals surface area contributed by atoms with E-state index in [-0.39, 0.29) is 17.9 Å². The van der Waals surface area contributed by atoms with Crippen molar-refractivity contribution in [1.29, 1.82) is 0 Å². The van der Waals surface area contributed by atoms with E-state index in [2.05, 4.69) is 20.5 Å². The summed E-state index contributed by atoms with van der Waals surface area (Å²) < 4.78 is 5.19. The fourth-order valence-corrected chi connectivity index (χ4v) is 2.82. The van der Waals surface area contributed by atoms with Crippen LogP contribution in [0.1, 0.15) is 44.2 Å². The highest BCUT2D eigenvalue weighted by molar-refractivity contribution is 5.91. The molecule has 1 unspecified atom stereocenters. The third-order valence-corrected chi connectivity index (χ3v) is 4.55. The number of furan rings is 1. The van der Waals surface area contributed by atoms with Crippen LogP contribution in [0.4, 0.5) is 0 Å². The van der Waals surface area contributed by atoms with Gasteiger partial charge in [-0.2, -0.15) is 0 Å². The molecule has 0 radical (unpaired) electrons. The standard InChI is InChI=1S/C19H31N5O3/c1-4-15(3)22-17(25)8-9-21-19(20-5-2)24-12-10-23(11-13-24)18(26)16-7-6-14-27-16/h6-7,14-15H,4-5,8-13H2,1-3H3,(H,20,21)(H,22,25). The van der Waals surface area contributed by atoms with Crippen LogP contribution in [0, 0.1) is 0 Å². The molecular weight excluding hydrogens is 346 g/mol. The van der Waals surface area contributed by atoms with Crippen LogP contribution in [0.25, 0.3) is 0 Å². The Labute approximate surface area is 161 Å². The van der Waals surface area contributed by atoms with Gasteiger partial charge in [-0.1, -0.05) is 6.92 Å². The van der Waals surface area contributed by atoms with Crippen LogP contribution in [-0.2, 0) is 4.79 Å². The molecule has 1 saturated heterocycles. The number of nitrogens with one attached hydrogen (secondary N) is 2. The molecular formula is C19H31N5O3. The molecule has 0 aliphatic carbocycles. The van der Waals surface area contributed by atoms with Gasteiger partial charge in [-0.25, -0.2) is 0 Å². The Morgan fingerprint density at radius 1 is 1.22 bits per heavy atom. The quantitative estimate of drug-likeness (QED) is 0.552. The lowest BCUT2D eigenvalue weighted by Gasteiger charge is -2.36. The SMILES string of the molecule is CCNC(=NCCC(=O)NC(C)CC)N1CCN(C(=O)c2ccco2)CC1.